The van der Waals surface area contributed by atoms with Gasteiger partial charge in [0, 0.05) is 19.3 Å². The first-order valence-corrected chi connectivity index (χ1v) is 32.7. The van der Waals surface area contributed by atoms with Gasteiger partial charge in [0.2, 0.25) is 0 Å². The number of esters is 3. The topological polar surface area (TPSA) is 78.9 Å². The Morgan fingerprint density at radius 2 is 0.506 bits per heavy atom. The maximum absolute atomic E-state index is 12.9. The van der Waals surface area contributed by atoms with Crippen LogP contribution in [-0.4, -0.2) is 37.2 Å². The number of ether oxygens (including phenoxy) is 3. The highest BCUT2D eigenvalue weighted by Crippen LogP contribution is 2.16. The van der Waals surface area contributed by atoms with Crippen molar-refractivity contribution in [3.05, 3.63) is 97.2 Å². The summed E-state index contributed by atoms with van der Waals surface area (Å²) in [4.78, 5) is 38.3. The standard InChI is InChI=1S/C71H122O6/c1-4-7-10-13-16-19-22-25-27-29-30-31-32-33-34-35-36-37-38-39-40-41-42-43-45-46-49-52-55-58-61-64-70(73)76-67-68(66-75-69(72)63-60-57-54-51-48-24-21-18-15-12-9-6-3)77-71(74)65-62-59-56-53-50-47-44-28-26-23-20-17-14-11-8-5-2/h7,10,16,18-19,21,25,27-28,30-31,33-34,36-37,44,68H,4-6,8-9,11-15,17,20,22-24,26,29,32,35,38-43,45-67H2,1-3H3/b10-7-,19-16-,21-18-,27-25-,31-30-,34-33-,37-36-,44-28-. The molecule has 77 heavy (non-hydrogen) atoms. The summed E-state index contributed by atoms with van der Waals surface area (Å²) >= 11 is 0. The van der Waals surface area contributed by atoms with Gasteiger partial charge < -0.3 is 14.2 Å². The van der Waals surface area contributed by atoms with Crippen molar-refractivity contribution in [3.8, 4) is 0 Å². The van der Waals surface area contributed by atoms with Crippen LogP contribution in [0, 0.1) is 0 Å². The minimum atomic E-state index is -0.786. The maximum Gasteiger partial charge on any atom is 0.306 e. The van der Waals surface area contributed by atoms with Gasteiger partial charge in [-0.05, 0) is 122 Å². The Labute approximate surface area is 477 Å². The lowest BCUT2D eigenvalue weighted by Gasteiger charge is -2.18. The van der Waals surface area contributed by atoms with Crippen molar-refractivity contribution in [2.45, 2.75) is 322 Å². The summed E-state index contributed by atoms with van der Waals surface area (Å²) in [5.41, 5.74) is 0. The summed E-state index contributed by atoms with van der Waals surface area (Å²) in [7, 11) is 0. The Bertz CT molecular complexity index is 1510. The molecule has 6 nitrogen and oxygen atoms in total. The lowest BCUT2D eigenvalue weighted by atomic mass is 10.0. The van der Waals surface area contributed by atoms with E-state index >= 15 is 0 Å². The van der Waals surface area contributed by atoms with E-state index in [9.17, 15) is 14.4 Å². The van der Waals surface area contributed by atoms with E-state index in [0.29, 0.717) is 19.3 Å². The van der Waals surface area contributed by atoms with Gasteiger partial charge in [-0.25, -0.2) is 0 Å². The molecule has 0 aliphatic heterocycles. The van der Waals surface area contributed by atoms with Crippen LogP contribution in [0.15, 0.2) is 97.2 Å². The molecule has 1 unspecified atom stereocenters. The highest BCUT2D eigenvalue weighted by molar-refractivity contribution is 5.71. The molecule has 0 heterocycles. The van der Waals surface area contributed by atoms with Crippen molar-refractivity contribution in [1.82, 2.24) is 0 Å². The Kier molecular flexibility index (Phi) is 61.8. The maximum atomic E-state index is 12.9. The van der Waals surface area contributed by atoms with Gasteiger partial charge in [0.1, 0.15) is 13.2 Å². The number of allylic oxidation sites excluding steroid dienone is 16. The molecular weight excluding hydrogens is 949 g/mol. The third kappa shape index (κ3) is 63.0. The van der Waals surface area contributed by atoms with E-state index in [-0.39, 0.29) is 31.1 Å². The minimum absolute atomic E-state index is 0.0825. The van der Waals surface area contributed by atoms with E-state index in [0.717, 1.165) is 116 Å². The molecule has 0 aliphatic carbocycles. The van der Waals surface area contributed by atoms with Gasteiger partial charge in [0.25, 0.3) is 0 Å². The summed E-state index contributed by atoms with van der Waals surface area (Å²) in [5, 5.41) is 0. The number of rotatable bonds is 59. The van der Waals surface area contributed by atoms with E-state index < -0.39 is 6.10 Å². The Hall–Kier alpha value is -3.67. The minimum Gasteiger partial charge on any atom is -0.462 e. The molecule has 0 amide bonds. The smallest absolute Gasteiger partial charge is 0.306 e. The van der Waals surface area contributed by atoms with Crippen LogP contribution in [0.5, 0.6) is 0 Å². The molecule has 1 atom stereocenters. The van der Waals surface area contributed by atoms with Crippen LogP contribution in [0.4, 0.5) is 0 Å². The Morgan fingerprint density at radius 3 is 0.831 bits per heavy atom. The molecule has 0 fully saturated rings. The van der Waals surface area contributed by atoms with Gasteiger partial charge in [-0.3, -0.25) is 14.4 Å². The first kappa shape index (κ1) is 73.3. The van der Waals surface area contributed by atoms with Crippen LogP contribution >= 0.6 is 0 Å². The van der Waals surface area contributed by atoms with Gasteiger partial charge in [0.05, 0.1) is 0 Å². The highest BCUT2D eigenvalue weighted by Gasteiger charge is 2.19. The molecule has 0 saturated carbocycles. The summed E-state index contributed by atoms with van der Waals surface area (Å²) < 4.78 is 16.9. The number of unbranched alkanes of at least 4 members (excludes halogenated alkanes) is 32. The van der Waals surface area contributed by atoms with Crippen LogP contribution < -0.4 is 0 Å². The van der Waals surface area contributed by atoms with Crippen LogP contribution in [0.3, 0.4) is 0 Å². The zero-order valence-electron chi connectivity index (χ0n) is 50.7. The predicted octanol–water partition coefficient (Wildman–Crippen LogP) is 22.4. The lowest BCUT2D eigenvalue weighted by molar-refractivity contribution is -0.167. The van der Waals surface area contributed by atoms with Gasteiger partial charge in [-0.15, -0.1) is 0 Å². The molecule has 0 aliphatic rings. The predicted molar refractivity (Wildman–Crippen MR) is 334 cm³/mol. The molecule has 442 valence electrons. The lowest BCUT2D eigenvalue weighted by Crippen LogP contribution is -2.30. The second-order valence-corrected chi connectivity index (χ2v) is 21.6. The fourth-order valence-corrected chi connectivity index (χ4v) is 9.14. The summed E-state index contributed by atoms with van der Waals surface area (Å²) in [5.74, 6) is -0.892. The molecule has 0 N–H and O–H groups in total. The molecule has 6 heteroatoms. The second kappa shape index (κ2) is 64.9. The van der Waals surface area contributed by atoms with Crippen molar-refractivity contribution in [1.29, 1.82) is 0 Å². The average molecular weight is 1070 g/mol. The van der Waals surface area contributed by atoms with Crippen molar-refractivity contribution in [2.75, 3.05) is 13.2 Å². The van der Waals surface area contributed by atoms with Crippen LogP contribution in [0.1, 0.15) is 316 Å². The molecule has 0 saturated heterocycles. The number of hydrogen-bond donors (Lipinski definition) is 0. The monoisotopic (exact) mass is 1070 g/mol. The van der Waals surface area contributed by atoms with E-state index in [1.807, 2.05) is 0 Å². The summed E-state index contributed by atoms with van der Waals surface area (Å²) in [6.45, 7) is 6.51. The summed E-state index contributed by atoms with van der Waals surface area (Å²) in [6.07, 6.45) is 87.1. The SMILES string of the molecule is CC/C=C\C/C=C\C/C=C\C/C=C\C/C=C\C/C=C\CCCCCCCCCCCCCCC(=O)OCC(COC(=O)CCCCCCC/C=C\CCCCC)OC(=O)CCCCCCC/C=C\CCCCCCCCC. The van der Waals surface area contributed by atoms with E-state index in [2.05, 4.69) is 118 Å². The third-order valence-electron chi connectivity index (χ3n) is 14.0. The second-order valence-electron chi connectivity index (χ2n) is 21.6. The molecular formula is C71H122O6. The zero-order valence-corrected chi connectivity index (χ0v) is 50.7. The average Bonchev–Trinajstić information content (AvgIpc) is 3.43. The molecule has 0 aromatic heterocycles. The van der Waals surface area contributed by atoms with Crippen molar-refractivity contribution in [3.63, 3.8) is 0 Å². The fourth-order valence-electron chi connectivity index (χ4n) is 9.14. The number of carbonyl (C=O) groups is 3. The summed E-state index contributed by atoms with van der Waals surface area (Å²) in [6, 6.07) is 0. The molecule has 0 rings (SSSR count). The first-order chi connectivity index (χ1) is 38.0. The Morgan fingerprint density at radius 1 is 0.273 bits per heavy atom. The van der Waals surface area contributed by atoms with Crippen molar-refractivity contribution in [2.24, 2.45) is 0 Å². The first-order valence-electron chi connectivity index (χ1n) is 32.7. The molecule has 0 radical (unpaired) electrons. The van der Waals surface area contributed by atoms with Crippen LogP contribution in [-0.2, 0) is 28.6 Å². The van der Waals surface area contributed by atoms with E-state index in [1.54, 1.807) is 0 Å². The van der Waals surface area contributed by atoms with Crippen LogP contribution in [0.2, 0.25) is 0 Å². The molecule has 0 aromatic rings. The molecule has 0 aromatic carbocycles. The highest BCUT2D eigenvalue weighted by atomic mass is 16.6. The van der Waals surface area contributed by atoms with E-state index in [4.69, 9.17) is 14.2 Å². The van der Waals surface area contributed by atoms with Gasteiger partial charge in [-0.1, -0.05) is 272 Å². The van der Waals surface area contributed by atoms with Crippen LogP contribution in [0.25, 0.3) is 0 Å². The van der Waals surface area contributed by atoms with Gasteiger partial charge in [0.15, 0.2) is 6.10 Å². The van der Waals surface area contributed by atoms with Gasteiger partial charge in [-0.2, -0.15) is 0 Å². The zero-order chi connectivity index (χ0) is 55.7. The third-order valence-corrected chi connectivity index (χ3v) is 14.0. The van der Waals surface area contributed by atoms with Gasteiger partial charge >= 0.3 is 17.9 Å². The van der Waals surface area contributed by atoms with Crippen molar-refractivity contribution >= 4 is 17.9 Å². The largest absolute Gasteiger partial charge is 0.462 e. The number of carbonyl (C=O) groups excluding carboxylic acids is 3. The normalized spacial score (nSPS) is 12.7. The Balaban J connectivity index is 4.22. The molecule has 0 bridgehead atoms. The quantitative estimate of drug-likeness (QED) is 0.0261. The fraction of sp³-hybridized carbons (Fsp3) is 0.732. The number of hydrogen-bond acceptors (Lipinski definition) is 6. The van der Waals surface area contributed by atoms with Crippen molar-refractivity contribution < 1.29 is 28.6 Å². The molecule has 0 spiro atoms. The van der Waals surface area contributed by atoms with E-state index in [1.165, 1.54) is 161 Å².